The number of nitrogens with zero attached hydrogens (tertiary/aromatic N) is 4. The van der Waals surface area contributed by atoms with Crippen molar-refractivity contribution in [3.63, 3.8) is 0 Å². The van der Waals surface area contributed by atoms with Crippen LogP contribution in [0.3, 0.4) is 0 Å². The molecule has 1 N–H and O–H groups in total. The summed E-state index contributed by atoms with van der Waals surface area (Å²) in [7, 11) is -3.54. The maximum atomic E-state index is 12.8. The minimum atomic E-state index is -3.54. The molecule has 168 valence electrons. The molecule has 2 aliphatic rings. The summed E-state index contributed by atoms with van der Waals surface area (Å²) in [6.45, 7) is 10.3. The van der Waals surface area contributed by atoms with Crippen LogP contribution in [0.15, 0.2) is 23.2 Å². The van der Waals surface area contributed by atoms with Crippen LogP contribution in [-0.4, -0.2) is 93.1 Å². The number of nitrogens with one attached hydrogen (secondary N) is 1. The predicted molar refractivity (Wildman–Crippen MR) is 115 cm³/mol. The van der Waals surface area contributed by atoms with Gasteiger partial charge in [0, 0.05) is 51.5 Å². The van der Waals surface area contributed by atoms with Crippen molar-refractivity contribution in [3.8, 4) is 0 Å². The van der Waals surface area contributed by atoms with Crippen LogP contribution in [0.5, 0.6) is 0 Å². The Kier molecular flexibility index (Phi) is 7.67. The summed E-state index contributed by atoms with van der Waals surface area (Å²) in [4.78, 5) is 21.3. The fraction of sp³-hybridized carbons (Fsp3) is 0.700. The molecule has 9 nitrogen and oxygen atoms in total. The van der Waals surface area contributed by atoms with E-state index in [4.69, 9.17) is 4.74 Å². The van der Waals surface area contributed by atoms with E-state index < -0.39 is 10.0 Å². The van der Waals surface area contributed by atoms with Crippen molar-refractivity contribution in [2.24, 2.45) is 0 Å². The topological polar surface area (TPSA) is 95.1 Å². The minimum absolute atomic E-state index is 0.144. The van der Waals surface area contributed by atoms with E-state index >= 15 is 0 Å². The number of carbonyl (C=O) groups is 1. The van der Waals surface area contributed by atoms with Gasteiger partial charge in [-0.25, -0.2) is 13.4 Å². The van der Waals surface area contributed by atoms with Crippen molar-refractivity contribution in [3.05, 3.63) is 18.3 Å². The Hall–Kier alpha value is -1.75. The van der Waals surface area contributed by atoms with E-state index in [2.05, 4.69) is 15.2 Å². The number of sulfonamides is 1. The van der Waals surface area contributed by atoms with E-state index in [1.165, 1.54) is 10.5 Å². The molecule has 1 aromatic heterocycles. The fourth-order valence-electron chi connectivity index (χ4n) is 3.79. The van der Waals surface area contributed by atoms with E-state index in [0.717, 1.165) is 12.2 Å². The number of ether oxygens (including phenoxy) is 1. The molecule has 0 bridgehead atoms. The van der Waals surface area contributed by atoms with Crippen LogP contribution in [0.25, 0.3) is 0 Å². The number of pyridine rings is 1. The monoisotopic (exact) mass is 439 g/mol. The van der Waals surface area contributed by atoms with Crippen LogP contribution < -0.4 is 10.2 Å². The molecule has 2 fully saturated rings. The molecule has 0 aliphatic carbocycles. The van der Waals surface area contributed by atoms with Crippen LogP contribution in [0.1, 0.15) is 27.2 Å². The lowest BCUT2D eigenvalue weighted by molar-refractivity contribution is -0.134. The molecule has 0 radical (unpaired) electrons. The van der Waals surface area contributed by atoms with Gasteiger partial charge >= 0.3 is 0 Å². The molecule has 0 spiro atoms. The normalized spacial score (nSPS) is 19.9. The van der Waals surface area contributed by atoms with Gasteiger partial charge < -0.3 is 19.9 Å². The van der Waals surface area contributed by atoms with Crippen LogP contribution in [-0.2, 0) is 19.6 Å². The largest absolute Gasteiger partial charge is 0.379 e. The lowest BCUT2D eigenvalue weighted by atomic mass is 10.1. The molecule has 1 aromatic rings. The third-order valence-corrected chi connectivity index (χ3v) is 7.37. The van der Waals surface area contributed by atoms with Gasteiger partial charge in [0.1, 0.15) is 10.7 Å². The standard InChI is InChI=1S/C20H33N5O4S/c1-4-18(22-16(2)3)20(26)24-9-7-23(8-10-24)19-6-5-17(15-21-19)30(27,28)25-11-13-29-14-12-25/h5-6,15-16,18,22H,4,7-14H2,1-3H3. The van der Waals surface area contributed by atoms with Crippen molar-refractivity contribution in [1.29, 1.82) is 0 Å². The van der Waals surface area contributed by atoms with E-state index in [1.54, 1.807) is 12.1 Å². The molecular formula is C20H33N5O4S. The first-order valence-corrected chi connectivity index (χ1v) is 12.1. The van der Waals surface area contributed by atoms with Crippen molar-refractivity contribution in [1.82, 2.24) is 19.5 Å². The fourth-order valence-corrected chi connectivity index (χ4v) is 5.14. The third-order valence-electron chi connectivity index (χ3n) is 5.48. The number of carbonyl (C=O) groups excluding carboxylic acids is 1. The highest BCUT2D eigenvalue weighted by atomic mass is 32.2. The molecule has 3 rings (SSSR count). The first-order valence-electron chi connectivity index (χ1n) is 10.7. The second-order valence-corrected chi connectivity index (χ2v) is 9.90. The summed E-state index contributed by atoms with van der Waals surface area (Å²) < 4.78 is 32.1. The number of piperazine rings is 1. The second kappa shape index (κ2) is 10.0. The molecule has 0 aromatic carbocycles. The average Bonchev–Trinajstić information content (AvgIpc) is 2.77. The van der Waals surface area contributed by atoms with Gasteiger partial charge in [0.2, 0.25) is 15.9 Å². The summed E-state index contributed by atoms with van der Waals surface area (Å²) in [5, 5.41) is 3.33. The van der Waals surface area contributed by atoms with Crippen molar-refractivity contribution >= 4 is 21.7 Å². The number of amides is 1. The van der Waals surface area contributed by atoms with Crippen molar-refractivity contribution in [2.75, 3.05) is 57.4 Å². The molecule has 0 saturated carbocycles. The van der Waals surface area contributed by atoms with Crippen LogP contribution >= 0.6 is 0 Å². The Morgan fingerprint density at radius 2 is 1.80 bits per heavy atom. The molecule has 30 heavy (non-hydrogen) atoms. The number of hydrogen-bond acceptors (Lipinski definition) is 7. The summed E-state index contributed by atoms with van der Waals surface area (Å²) in [6, 6.07) is 3.47. The van der Waals surface area contributed by atoms with Gasteiger partial charge in [-0.1, -0.05) is 20.8 Å². The number of morpholine rings is 1. The summed E-state index contributed by atoms with van der Waals surface area (Å²) >= 11 is 0. The van der Waals surface area contributed by atoms with Gasteiger partial charge in [-0.05, 0) is 18.6 Å². The Labute approximate surface area is 179 Å². The van der Waals surface area contributed by atoms with Crippen LogP contribution in [0.2, 0.25) is 0 Å². The molecule has 1 amide bonds. The van der Waals surface area contributed by atoms with Gasteiger partial charge in [0.25, 0.3) is 0 Å². The number of anilines is 1. The predicted octanol–water partition coefficient (Wildman–Crippen LogP) is 0.528. The maximum absolute atomic E-state index is 12.8. The molecule has 1 atom stereocenters. The van der Waals surface area contributed by atoms with E-state index in [9.17, 15) is 13.2 Å². The zero-order chi connectivity index (χ0) is 21.7. The smallest absolute Gasteiger partial charge is 0.244 e. The van der Waals surface area contributed by atoms with E-state index in [1.807, 2.05) is 25.7 Å². The van der Waals surface area contributed by atoms with Gasteiger partial charge in [-0.3, -0.25) is 4.79 Å². The highest BCUT2D eigenvalue weighted by molar-refractivity contribution is 7.89. The van der Waals surface area contributed by atoms with Crippen molar-refractivity contribution < 1.29 is 17.9 Å². The Bertz CT molecular complexity index is 801. The summed E-state index contributed by atoms with van der Waals surface area (Å²) in [5.74, 6) is 0.876. The number of aromatic nitrogens is 1. The van der Waals surface area contributed by atoms with Crippen LogP contribution in [0, 0.1) is 0 Å². The zero-order valence-corrected chi connectivity index (χ0v) is 18.9. The molecule has 2 saturated heterocycles. The molecule has 3 heterocycles. The Balaban J connectivity index is 1.59. The summed E-state index contributed by atoms with van der Waals surface area (Å²) in [5.41, 5.74) is 0. The highest BCUT2D eigenvalue weighted by Crippen LogP contribution is 2.20. The lowest BCUT2D eigenvalue weighted by Crippen LogP contribution is -2.55. The average molecular weight is 440 g/mol. The summed E-state index contributed by atoms with van der Waals surface area (Å²) in [6.07, 6.45) is 2.19. The zero-order valence-electron chi connectivity index (χ0n) is 18.1. The van der Waals surface area contributed by atoms with Crippen molar-refractivity contribution in [2.45, 2.75) is 44.2 Å². The molecule has 1 unspecified atom stereocenters. The highest BCUT2D eigenvalue weighted by Gasteiger charge is 2.29. The lowest BCUT2D eigenvalue weighted by Gasteiger charge is -2.37. The van der Waals surface area contributed by atoms with E-state index in [-0.39, 0.29) is 22.9 Å². The molecule has 10 heteroatoms. The number of hydrogen-bond donors (Lipinski definition) is 1. The minimum Gasteiger partial charge on any atom is -0.379 e. The van der Waals surface area contributed by atoms with Gasteiger partial charge in [-0.2, -0.15) is 4.31 Å². The molecule has 2 aliphatic heterocycles. The first-order chi connectivity index (χ1) is 14.3. The van der Waals surface area contributed by atoms with Gasteiger partial charge in [0.15, 0.2) is 0 Å². The SMILES string of the molecule is CCC(NC(C)C)C(=O)N1CCN(c2ccc(S(=O)(=O)N3CCOCC3)cn2)CC1. The first kappa shape index (κ1) is 22.9. The van der Waals surface area contributed by atoms with E-state index in [0.29, 0.717) is 52.5 Å². The van der Waals surface area contributed by atoms with Gasteiger partial charge in [-0.15, -0.1) is 0 Å². The Morgan fingerprint density at radius 1 is 1.13 bits per heavy atom. The van der Waals surface area contributed by atoms with Crippen LogP contribution in [0.4, 0.5) is 5.82 Å². The van der Waals surface area contributed by atoms with Gasteiger partial charge in [0.05, 0.1) is 19.3 Å². The molecular weight excluding hydrogens is 406 g/mol. The third kappa shape index (κ3) is 5.29. The Morgan fingerprint density at radius 3 is 2.33 bits per heavy atom. The number of rotatable bonds is 7. The second-order valence-electron chi connectivity index (χ2n) is 7.96. The maximum Gasteiger partial charge on any atom is 0.244 e. The quantitative estimate of drug-likeness (QED) is 0.662.